The molecule has 0 bridgehead atoms. The Morgan fingerprint density at radius 2 is 1.85 bits per heavy atom. The van der Waals surface area contributed by atoms with Crippen LogP contribution in [0.15, 0.2) is 24.3 Å². The van der Waals surface area contributed by atoms with Gasteiger partial charge in [0.2, 0.25) is 5.91 Å². The molecule has 1 aliphatic heterocycles. The normalized spacial score (nSPS) is 28.7. The van der Waals surface area contributed by atoms with E-state index in [-0.39, 0.29) is 23.5 Å². The van der Waals surface area contributed by atoms with Crippen molar-refractivity contribution in [1.82, 2.24) is 10.6 Å². The molecule has 2 saturated carbocycles. The molecule has 26 heavy (non-hydrogen) atoms. The third-order valence-electron chi connectivity index (χ3n) is 6.67. The summed E-state index contributed by atoms with van der Waals surface area (Å²) in [5.74, 6) is 1.93. The van der Waals surface area contributed by atoms with E-state index in [1.165, 1.54) is 0 Å². The van der Waals surface area contributed by atoms with Gasteiger partial charge in [0.25, 0.3) is 0 Å². The first-order chi connectivity index (χ1) is 12.6. The first-order valence-electron chi connectivity index (χ1n) is 9.97. The maximum absolute atomic E-state index is 13.2. The Morgan fingerprint density at radius 1 is 1.19 bits per heavy atom. The van der Waals surface area contributed by atoms with Gasteiger partial charge in [-0.25, -0.2) is 0 Å². The Morgan fingerprint density at radius 3 is 2.38 bits per heavy atom. The second-order valence-electron chi connectivity index (χ2n) is 8.28. The minimum Gasteiger partial charge on any atom is -0.497 e. The van der Waals surface area contributed by atoms with Crippen LogP contribution in [0.3, 0.4) is 0 Å². The van der Waals surface area contributed by atoms with E-state index in [0.29, 0.717) is 11.8 Å². The molecule has 0 spiro atoms. The fourth-order valence-electron chi connectivity index (χ4n) is 4.72. The summed E-state index contributed by atoms with van der Waals surface area (Å²) in [6.07, 6.45) is 5.50. The number of carbonyl (C=O) groups is 1. The van der Waals surface area contributed by atoms with Crippen molar-refractivity contribution < 1.29 is 14.6 Å². The van der Waals surface area contributed by atoms with E-state index in [1.807, 2.05) is 24.3 Å². The molecule has 4 rings (SSSR count). The molecule has 5 heteroatoms. The van der Waals surface area contributed by atoms with Gasteiger partial charge in [-0.1, -0.05) is 12.1 Å². The van der Waals surface area contributed by atoms with E-state index in [2.05, 4.69) is 10.6 Å². The van der Waals surface area contributed by atoms with Crippen molar-refractivity contribution in [2.24, 2.45) is 11.8 Å². The number of piperidine rings is 1. The number of hydrogen-bond donors (Lipinski definition) is 3. The standard InChI is InChI=1S/C21H30N2O3/c1-26-18-4-2-16(3-5-18)21(8-9-21)20(25)23-19(15-12-17(24)13-15)14-6-10-22-11-7-14/h2-5,14-15,17,19,22,24H,6-13H2,1H3,(H,23,25)/t15?,17?,19-/m1/s1. The van der Waals surface area contributed by atoms with Crippen LogP contribution in [0.1, 0.15) is 44.1 Å². The van der Waals surface area contributed by atoms with Crippen molar-refractivity contribution in [1.29, 1.82) is 0 Å². The van der Waals surface area contributed by atoms with Crippen molar-refractivity contribution in [2.45, 2.75) is 56.1 Å². The summed E-state index contributed by atoms with van der Waals surface area (Å²) in [7, 11) is 1.66. The summed E-state index contributed by atoms with van der Waals surface area (Å²) in [4.78, 5) is 13.2. The smallest absolute Gasteiger partial charge is 0.230 e. The fraction of sp³-hybridized carbons (Fsp3) is 0.667. The van der Waals surface area contributed by atoms with Crippen LogP contribution in [0.25, 0.3) is 0 Å². The van der Waals surface area contributed by atoms with E-state index < -0.39 is 0 Å². The first-order valence-corrected chi connectivity index (χ1v) is 9.97. The maximum Gasteiger partial charge on any atom is 0.230 e. The number of aliphatic hydroxyl groups excluding tert-OH is 1. The molecule has 0 radical (unpaired) electrons. The molecule has 1 heterocycles. The van der Waals surface area contributed by atoms with Crippen LogP contribution in [0, 0.1) is 11.8 Å². The number of amides is 1. The molecular weight excluding hydrogens is 328 g/mol. The lowest BCUT2D eigenvalue weighted by molar-refractivity contribution is -0.126. The van der Waals surface area contributed by atoms with Crippen molar-refractivity contribution in [2.75, 3.05) is 20.2 Å². The van der Waals surface area contributed by atoms with E-state index in [0.717, 1.165) is 62.9 Å². The number of rotatable bonds is 6. The molecule has 1 atom stereocenters. The number of aliphatic hydroxyl groups is 1. The van der Waals surface area contributed by atoms with Gasteiger partial charge in [-0.05, 0) is 81.1 Å². The minimum absolute atomic E-state index is 0.174. The average molecular weight is 358 g/mol. The third-order valence-corrected chi connectivity index (χ3v) is 6.67. The Kier molecular flexibility index (Phi) is 4.93. The third kappa shape index (κ3) is 3.35. The molecule has 1 amide bonds. The largest absolute Gasteiger partial charge is 0.497 e. The van der Waals surface area contributed by atoms with Crippen LogP contribution in [0.5, 0.6) is 5.75 Å². The molecule has 3 fully saturated rings. The molecule has 1 saturated heterocycles. The van der Waals surface area contributed by atoms with Crippen LogP contribution in [-0.4, -0.2) is 43.4 Å². The molecule has 1 aromatic carbocycles. The predicted octanol–water partition coefficient (Wildman–Crippen LogP) is 1.98. The Balaban J connectivity index is 1.48. The minimum atomic E-state index is -0.361. The zero-order valence-electron chi connectivity index (χ0n) is 15.5. The van der Waals surface area contributed by atoms with Crippen molar-refractivity contribution >= 4 is 5.91 Å². The number of ether oxygens (including phenoxy) is 1. The summed E-state index contributed by atoms with van der Waals surface area (Å²) in [5, 5.41) is 16.6. The molecule has 1 aromatic rings. The molecule has 142 valence electrons. The lowest BCUT2D eigenvalue weighted by Crippen LogP contribution is -2.54. The Bertz CT molecular complexity index is 629. The molecule has 5 nitrogen and oxygen atoms in total. The highest BCUT2D eigenvalue weighted by Crippen LogP contribution is 2.49. The summed E-state index contributed by atoms with van der Waals surface area (Å²) in [5.41, 5.74) is 0.730. The average Bonchev–Trinajstić information content (AvgIpc) is 3.46. The number of methoxy groups -OCH3 is 1. The van der Waals surface area contributed by atoms with Gasteiger partial charge in [0.05, 0.1) is 18.6 Å². The van der Waals surface area contributed by atoms with Crippen LogP contribution >= 0.6 is 0 Å². The predicted molar refractivity (Wildman–Crippen MR) is 100 cm³/mol. The van der Waals surface area contributed by atoms with Crippen LogP contribution in [-0.2, 0) is 10.2 Å². The number of carbonyl (C=O) groups excluding carboxylic acids is 1. The summed E-state index contributed by atoms with van der Waals surface area (Å²) < 4.78 is 5.24. The van der Waals surface area contributed by atoms with Gasteiger partial charge in [-0.15, -0.1) is 0 Å². The molecule has 3 N–H and O–H groups in total. The van der Waals surface area contributed by atoms with Crippen molar-refractivity contribution in [3.05, 3.63) is 29.8 Å². The topological polar surface area (TPSA) is 70.6 Å². The second-order valence-corrected chi connectivity index (χ2v) is 8.28. The van der Waals surface area contributed by atoms with E-state index in [1.54, 1.807) is 7.11 Å². The van der Waals surface area contributed by atoms with Gasteiger partial charge >= 0.3 is 0 Å². The lowest BCUT2D eigenvalue weighted by atomic mass is 9.71. The number of benzene rings is 1. The Hall–Kier alpha value is -1.59. The molecule has 0 unspecified atom stereocenters. The quantitative estimate of drug-likeness (QED) is 0.727. The first kappa shape index (κ1) is 17.8. The molecule has 0 aromatic heterocycles. The lowest BCUT2D eigenvalue weighted by Gasteiger charge is -2.43. The molecule has 2 aliphatic carbocycles. The zero-order valence-corrected chi connectivity index (χ0v) is 15.5. The maximum atomic E-state index is 13.2. The highest BCUT2D eigenvalue weighted by atomic mass is 16.5. The summed E-state index contributed by atoms with van der Waals surface area (Å²) >= 11 is 0. The van der Waals surface area contributed by atoms with E-state index >= 15 is 0 Å². The second kappa shape index (κ2) is 7.20. The highest BCUT2D eigenvalue weighted by Gasteiger charge is 2.52. The molecule has 3 aliphatic rings. The van der Waals surface area contributed by atoms with Crippen LogP contribution in [0.4, 0.5) is 0 Å². The van der Waals surface area contributed by atoms with Crippen molar-refractivity contribution in [3.8, 4) is 5.75 Å². The van der Waals surface area contributed by atoms with Crippen molar-refractivity contribution in [3.63, 3.8) is 0 Å². The molecular formula is C21H30N2O3. The zero-order chi connectivity index (χ0) is 18.1. The van der Waals surface area contributed by atoms with E-state index in [9.17, 15) is 9.90 Å². The van der Waals surface area contributed by atoms with Crippen LogP contribution in [0.2, 0.25) is 0 Å². The van der Waals surface area contributed by atoms with E-state index in [4.69, 9.17) is 4.74 Å². The van der Waals surface area contributed by atoms with Crippen LogP contribution < -0.4 is 15.4 Å². The van der Waals surface area contributed by atoms with Gasteiger partial charge in [-0.2, -0.15) is 0 Å². The van der Waals surface area contributed by atoms with Gasteiger partial charge < -0.3 is 20.5 Å². The SMILES string of the molecule is COc1ccc(C2(C(=O)N[C@H](C3CCNCC3)C3CC(O)C3)CC2)cc1. The van der Waals surface area contributed by atoms with Gasteiger partial charge in [0.15, 0.2) is 0 Å². The van der Waals surface area contributed by atoms with Gasteiger partial charge in [-0.3, -0.25) is 4.79 Å². The Labute approximate surface area is 155 Å². The fourth-order valence-corrected chi connectivity index (χ4v) is 4.72. The highest BCUT2D eigenvalue weighted by molar-refractivity contribution is 5.91. The number of nitrogens with one attached hydrogen (secondary N) is 2. The van der Waals surface area contributed by atoms with Gasteiger partial charge in [0, 0.05) is 6.04 Å². The number of hydrogen-bond acceptors (Lipinski definition) is 4. The summed E-state index contributed by atoms with van der Waals surface area (Å²) in [6.45, 7) is 2.05. The monoisotopic (exact) mass is 358 g/mol. The summed E-state index contributed by atoms with van der Waals surface area (Å²) in [6, 6.07) is 8.13. The van der Waals surface area contributed by atoms with Gasteiger partial charge in [0.1, 0.15) is 5.75 Å².